The van der Waals surface area contributed by atoms with Gasteiger partial charge in [0.1, 0.15) is 0 Å². The lowest BCUT2D eigenvalue weighted by Crippen LogP contribution is -2.29. The Morgan fingerprint density at radius 2 is 2.29 bits per heavy atom. The van der Waals surface area contributed by atoms with Crippen molar-refractivity contribution >= 4 is 16.0 Å². The molecule has 0 aromatic carbocycles. The molecule has 0 atom stereocenters. The number of hydrogen-bond acceptors (Lipinski definition) is 6. The van der Waals surface area contributed by atoms with E-state index in [0.717, 1.165) is 0 Å². The largest absolute Gasteiger partial charge is 0.480 e. The summed E-state index contributed by atoms with van der Waals surface area (Å²) < 4.78 is 23.9. The van der Waals surface area contributed by atoms with Crippen LogP contribution in [0, 0.1) is 0 Å². The maximum Gasteiger partial charge on any atom is 0.320 e. The molecule has 0 aliphatic carbocycles. The highest BCUT2D eigenvalue weighted by atomic mass is 32.2. The highest BCUT2D eigenvalue weighted by Crippen LogP contribution is 1.88. The number of tetrazole rings is 1. The average molecular weight is 221 g/mol. The van der Waals surface area contributed by atoms with E-state index in [9.17, 15) is 13.2 Å². The molecule has 0 saturated carbocycles. The molecule has 9 nitrogen and oxygen atoms in total. The van der Waals surface area contributed by atoms with Gasteiger partial charge in [0.15, 0.2) is 11.6 Å². The number of H-pyrrole nitrogens is 1. The van der Waals surface area contributed by atoms with Crippen molar-refractivity contribution in [2.75, 3.05) is 5.75 Å². The number of hydrogen-bond donors (Lipinski definition) is 3. The molecule has 1 rings (SSSR count). The van der Waals surface area contributed by atoms with Crippen LogP contribution in [0.1, 0.15) is 5.82 Å². The second-order valence-corrected chi connectivity index (χ2v) is 4.11. The molecular formula is C4H7N5O4S. The van der Waals surface area contributed by atoms with Crippen LogP contribution in [0.5, 0.6) is 0 Å². The molecule has 0 aliphatic rings. The molecule has 0 fully saturated rings. The van der Waals surface area contributed by atoms with Crippen LogP contribution < -0.4 is 4.72 Å². The monoisotopic (exact) mass is 221 g/mol. The molecule has 0 amide bonds. The van der Waals surface area contributed by atoms with E-state index in [4.69, 9.17) is 5.11 Å². The summed E-state index contributed by atoms with van der Waals surface area (Å²) in [6, 6.07) is 0. The Morgan fingerprint density at radius 3 is 2.79 bits per heavy atom. The number of nitrogens with zero attached hydrogens (tertiary/aromatic N) is 3. The maximum atomic E-state index is 11.0. The van der Waals surface area contributed by atoms with Gasteiger partial charge in [0.05, 0.1) is 6.54 Å². The van der Waals surface area contributed by atoms with E-state index in [2.05, 4.69) is 20.6 Å². The van der Waals surface area contributed by atoms with Crippen LogP contribution in [-0.2, 0) is 21.4 Å². The van der Waals surface area contributed by atoms with Crippen LogP contribution in [0.2, 0.25) is 0 Å². The smallest absolute Gasteiger partial charge is 0.320 e. The second-order valence-electron chi connectivity index (χ2n) is 2.30. The summed E-state index contributed by atoms with van der Waals surface area (Å²) in [4.78, 5) is 10.1. The molecule has 0 radical (unpaired) electrons. The van der Waals surface area contributed by atoms with Gasteiger partial charge in [0.2, 0.25) is 10.0 Å². The number of carboxylic acid groups (broad SMARTS) is 1. The Balaban J connectivity index is 2.49. The molecule has 0 spiro atoms. The minimum absolute atomic E-state index is 0.138. The molecule has 14 heavy (non-hydrogen) atoms. The lowest BCUT2D eigenvalue weighted by Gasteiger charge is -2.00. The minimum Gasteiger partial charge on any atom is -0.480 e. The minimum atomic E-state index is -3.83. The lowest BCUT2D eigenvalue weighted by atomic mass is 10.7. The zero-order valence-electron chi connectivity index (χ0n) is 6.84. The predicted molar refractivity (Wildman–Crippen MR) is 42.4 cm³/mol. The quantitative estimate of drug-likeness (QED) is 0.508. The van der Waals surface area contributed by atoms with E-state index in [1.165, 1.54) is 0 Å². The van der Waals surface area contributed by atoms with E-state index in [1.54, 1.807) is 0 Å². The number of aromatic nitrogens is 4. The van der Waals surface area contributed by atoms with Crippen molar-refractivity contribution in [1.29, 1.82) is 0 Å². The van der Waals surface area contributed by atoms with Crippen LogP contribution in [0.15, 0.2) is 0 Å². The van der Waals surface area contributed by atoms with Crippen LogP contribution in [0.4, 0.5) is 0 Å². The Labute approximate surface area is 78.6 Å². The zero-order chi connectivity index (χ0) is 10.6. The standard InChI is InChI=1S/C4H7N5O4S/c10-4(11)2-14(12,13)5-1-3-6-8-9-7-3/h5H,1-2H2,(H,10,11)(H,6,7,8,9). The number of aliphatic carboxylic acids is 1. The van der Waals surface area contributed by atoms with Gasteiger partial charge in [-0.25, -0.2) is 13.1 Å². The van der Waals surface area contributed by atoms with Crippen molar-refractivity contribution in [3.8, 4) is 0 Å². The van der Waals surface area contributed by atoms with Crippen LogP contribution in [-0.4, -0.2) is 45.9 Å². The average Bonchev–Trinajstić information content (AvgIpc) is 2.50. The van der Waals surface area contributed by atoms with Crippen LogP contribution >= 0.6 is 0 Å². The molecule has 3 N–H and O–H groups in total. The Kier molecular flexibility index (Phi) is 3.09. The van der Waals surface area contributed by atoms with E-state index in [-0.39, 0.29) is 12.4 Å². The maximum absolute atomic E-state index is 11.0. The SMILES string of the molecule is O=C(O)CS(=O)(=O)NCc1nn[nH]n1. The van der Waals surface area contributed by atoms with Crippen molar-refractivity contribution in [1.82, 2.24) is 25.3 Å². The molecule has 1 aromatic heterocycles. The first-order valence-corrected chi connectivity index (χ1v) is 5.06. The van der Waals surface area contributed by atoms with E-state index in [0.29, 0.717) is 0 Å². The van der Waals surface area contributed by atoms with Crippen LogP contribution in [0.3, 0.4) is 0 Å². The topological polar surface area (TPSA) is 138 Å². The number of sulfonamides is 1. The zero-order valence-corrected chi connectivity index (χ0v) is 7.65. The molecule has 0 saturated heterocycles. The van der Waals surface area contributed by atoms with Gasteiger partial charge in [-0.15, -0.1) is 10.2 Å². The predicted octanol–water partition coefficient (Wildman–Crippen LogP) is -2.30. The summed E-state index contributed by atoms with van der Waals surface area (Å²) in [5, 5.41) is 20.5. The van der Waals surface area contributed by atoms with Gasteiger partial charge in [-0.3, -0.25) is 4.79 Å². The lowest BCUT2D eigenvalue weighted by molar-refractivity contribution is -0.134. The molecule has 10 heteroatoms. The van der Waals surface area contributed by atoms with Gasteiger partial charge >= 0.3 is 5.97 Å². The van der Waals surface area contributed by atoms with Crippen molar-refractivity contribution in [2.45, 2.75) is 6.54 Å². The van der Waals surface area contributed by atoms with Gasteiger partial charge in [-0.2, -0.15) is 5.21 Å². The number of aromatic amines is 1. The third-order valence-corrected chi connectivity index (χ3v) is 2.36. The van der Waals surface area contributed by atoms with E-state index < -0.39 is 21.7 Å². The van der Waals surface area contributed by atoms with Gasteiger partial charge in [-0.05, 0) is 0 Å². The Morgan fingerprint density at radius 1 is 1.57 bits per heavy atom. The first kappa shape index (κ1) is 10.5. The number of carboxylic acids is 1. The van der Waals surface area contributed by atoms with Crippen LogP contribution in [0.25, 0.3) is 0 Å². The normalized spacial score (nSPS) is 11.4. The van der Waals surface area contributed by atoms with Gasteiger partial charge in [-0.1, -0.05) is 5.21 Å². The highest BCUT2D eigenvalue weighted by Gasteiger charge is 2.15. The number of nitrogens with one attached hydrogen (secondary N) is 2. The third kappa shape index (κ3) is 3.45. The van der Waals surface area contributed by atoms with Gasteiger partial charge < -0.3 is 5.11 Å². The molecule has 1 heterocycles. The van der Waals surface area contributed by atoms with E-state index >= 15 is 0 Å². The molecule has 0 bridgehead atoms. The van der Waals surface area contributed by atoms with Gasteiger partial charge in [0, 0.05) is 0 Å². The number of rotatable bonds is 5. The summed E-state index contributed by atoms with van der Waals surface area (Å²) in [6.45, 7) is -0.188. The van der Waals surface area contributed by atoms with E-state index in [1.807, 2.05) is 4.72 Å². The van der Waals surface area contributed by atoms with Crippen molar-refractivity contribution in [3.63, 3.8) is 0 Å². The second kappa shape index (κ2) is 4.11. The Hall–Kier alpha value is -1.55. The Bertz CT molecular complexity index is 397. The fourth-order valence-corrected chi connectivity index (χ4v) is 1.42. The third-order valence-electron chi connectivity index (χ3n) is 1.15. The van der Waals surface area contributed by atoms with Gasteiger partial charge in [0.25, 0.3) is 0 Å². The molecule has 78 valence electrons. The number of carbonyl (C=O) groups is 1. The first-order chi connectivity index (χ1) is 6.49. The van der Waals surface area contributed by atoms with Crippen molar-refractivity contribution in [2.24, 2.45) is 0 Å². The summed E-state index contributed by atoms with van der Waals surface area (Å²) >= 11 is 0. The fraction of sp³-hybridized carbons (Fsp3) is 0.500. The summed E-state index contributed by atoms with van der Waals surface area (Å²) in [7, 11) is -3.83. The molecular weight excluding hydrogens is 214 g/mol. The summed E-state index contributed by atoms with van der Waals surface area (Å²) in [6.07, 6.45) is 0. The molecule has 0 unspecified atom stereocenters. The first-order valence-electron chi connectivity index (χ1n) is 3.41. The summed E-state index contributed by atoms with van der Waals surface area (Å²) in [5.74, 6) is -2.27. The van der Waals surface area contributed by atoms with Crippen molar-refractivity contribution < 1.29 is 18.3 Å². The van der Waals surface area contributed by atoms with Crippen molar-refractivity contribution in [3.05, 3.63) is 5.82 Å². The highest BCUT2D eigenvalue weighted by molar-refractivity contribution is 7.90. The summed E-state index contributed by atoms with van der Waals surface area (Å²) in [5.41, 5.74) is 0. The fourth-order valence-electron chi connectivity index (χ4n) is 0.645. The molecule has 1 aromatic rings. The molecule has 0 aliphatic heterocycles.